The van der Waals surface area contributed by atoms with Crippen molar-refractivity contribution in [2.24, 2.45) is 0 Å². The fourth-order valence-electron chi connectivity index (χ4n) is 3.14. The Hall–Kier alpha value is -2.83. The molecule has 0 aliphatic rings. The lowest BCUT2D eigenvalue weighted by Crippen LogP contribution is -2.22. The lowest BCUT2D eigenvalue weighted by atomic mass is 10.2. The van der Waals surface area contributed by atoms with Crippen LogP contribution in [0.25, 0.3) is 16.6 Å². The molecule has 0 N–H and O–H groups in total. The minimum absolute atomic E-state index is 0.166. The maximum Gasteiger partial charge on any atom is 0.266 e. The highest BCUT2D eigenvalue weighted by Gasteiger charge is 2.15. The minimum Gasteiger partial charge on any atom is -0.378 e. The van der Waals surface area contributed by atoms with Crippen molar-refractivity contribution in [2.45, 2.75) is 10.9 Å². The number of para-hydroxylation sites is 1. The molecule has 0 saturated heterocycles. The third kappa shape index (κ3) is 3.93. The van der Waals surface area contributed by atoms with Gasteiger partial charge in [-0.05, 0) is 48.5 Å². The number of anilines is 1. The topological polar surface area (TPSA) is 38.1 Å². The summed E-state index contributed by atoms with van der Waals surface area (Å²) < 4.78 is 15.8. The molecular weight excluding hydrogens is 421 g/mol. The van der Waals surface area contributed by atoms with Gasteiger partial charge >= 0.3 is 0 Å². The Morgan fingerprint density at radius 1 is 1.03 bits per heavy atom. The van der Waals surface area contributed by atoms with Crippen LogP contribution in [0.2, 0.25) is 5.02 Å². The fraction of sp³-hybridized carbons (Fsp3) is 0.130. The zero-order chi connectivity index (χ0) is 21.3. The first-order chi connectivity index (χ1) is 14.5. The standard InChI is InChI=1S/C23H19ClFN3OS/c1-27(2)15-10-12-16(13-11-15)28-22(29)17-6-3-4-9-21(17)26-23(28)30-14-18-19(24)7-5-8-20(18)25/h3-13H,14H2,1-2H3. The molecule has 0 atom stereocenters. The number of hydrogen-bond acceptors (Lipinski definition) is 4. The van der Waals surface area contributed by atoms with E-state index in [9.17, 15) is 9.18 Å². The van der Waals surface area contributed by atoms with E-state index in [1.54, 1.807) is 28.8 Å². The quantitative estimate of drug-likeness (QED) is 0.302. The molecule has 0 unspecified atom stereocenters. The van der Waals surface area contributed by atoms with E-state index in [1.807, 2.05) is 55.4 Å². The number of rotatable bonds is 5. The average Bonchev–Trinajstić information content (AvgIpc) is 2.74. The van der Waals surface area contributed by atoms with Crippen LogP contribution >= 0.6 is 23.4 Å². The first kappa shape index (κ1) is 20.4. The predicted octanol–water partition coefficient (Wildman–Crippen LogP) is 5.54. The normalized spacial score (nSPS) is 11.1. The van der Waals surface area contributed by atoms with Crippen molar-refractivity contribution in [3.8, 4) is 5.69 Å². The summed E-state index contributed by atoms with van der Waals surface area (Å²) in [5, 5.41) is 1.37. The summed E-state index contributed by atoms with van der Waals surface area (Å²) in [7, 11) is 3.91. The van der Waals surface area contributed by atoms with Crippen molar-refractivity contribution < 1.29 is 4.39 Å². The van der Waals surface area contributed by atoms with Crippen molar-refractivity contribution >= 4 is 40.0 Å². The van der Waals surface area contributed by atoms with Crippen molar-refractivity contribution in [1.29, 1.82) is 0 Å². The molecule has 0 aliphatic heterocycles. The van der Waals surface area contributed by atoms with Crippen molar-refractivity contribution in [3.05, 3.63) is 93.5 Å². The molecule has 1 aromatic heterocycles. The summed E-state index contributed by atoms with van der Waals surface area (Å²) in [6.07, 6.45) is 0. The number of benzene rings is 3. The fourth-order valence-corrected chi connectivity index (χ4v) is 4.50. The van der Waals surface area contributed by atoms with Crippen LogP contribution in [0.4, 0.5) is 10.1 Å². The summed E-state index contributed by atoms with van der Waals surface area (Å²) in [6, 6.07) is 19.5. The van der Waals surface area contributed by atoms with Gasteiger partial charge in [0, 0.05) is 36.1 Å². The highest BCUT2D eigenvalue weighted by Crippen LogP contribution is 2.29. The van der Waals surface area contributed by atoms with Gasteiger partial charge < -0.3 is 4.90 Å². The number of nitrogens with zero attached hydrogens (tertiary/aromatic N) is 3. The highest BCUT2D eigenvalue weighted by molar-refractivity contribution is 7.98. The SMILES string of the molecule is CN(C)c1ccc(-n2c(SCc3c(F)cccc3Cl)nc3ccccc3c2=O)cc1. The second kappa shape index (κ2) is 8.50. The molecule has 30 heavy (non-hydrogen) atoms. The Labute approximate surface area is 182 Å². The summed E-state index contributed by atoms with van der Waals surface area (Å²) in [5.74, 6) is -0.119. The van der Waals surface area contributed by atoms with Gasteiger partial charge in [0.15, 0.2) is 5.16 Å². The molecule has 4 nitrogen and oxygen atoms in total. The Balaban J connectivity index is 1.83. The zero-order valence-corrected chi connectivity index (χ0v) is 18.0. The van der Waals surface area contributed by atoms with Gasteiger partial charge in [-0.3, -0.25) is 9.36 Å². The van der Waals surface area contributed by atoms with Crippen LogP contribution in [0.1, 0.15) is 5.56 Å². The monoisotopic (exact) mass is 439 g/mol. The molecule has 0 fully saturated rings. The number of hydrogen-bond donors (Lipinski definition) is 0. The molecule has 1 heterocycles. The molecule has 0 saturated carbocycles. The second-order valence-corrected chi connectivity index (χ2v) is 8.30. The molecule has 3 aromatic carbocycles. The van der Waals surface area contributed by atoms with Crippen molar-refractivity contribution in [2.75, 3.05) is 19.0 Å². The summed E-state index contributed by atoms with van der Waals surface area (Å²) in [6.45, 7) is 0. The summed E-state index contributed by atoms with van der Waals surface area (Å²) in [5.41, 5.74) is 2.55. The molecule has 7 heteroatoms. The number of fused-ring (bicyclic) bond motifs is 1. The molecule has 4 aromatic rings. The van der Waals surface area contributed by atoms with E-state index in [-0.39, 0.29) is 17.1 Å². The van der Waals surface area contributed by atoms with E-state index in [4.69, 9.17) is 16.6 Å². The Morgan fingerprint density at radius 3 is 2.47 bits per heavy atom. The van der Waals surface area contributed by atoms with Crippen LogP contribution in [-0.4, -0.2) is 23.6 Å². The maximum atomic E-state index is 14.2. The van der Waals surface area contributed by atoms with Crippen LogP contribution in [0.3, 0.4) is 0 Å². The van der Waals surface area contributed by atoms with E-state index in [2.05, 4.69) is 0 Å². The van der Waals surface area contributed by atoms with Gasteiger partial charge in [0.05, 0.1) is 16.6 Å². The van der Waals surface area contributed by atoms with E-state index < -0.39 is 0 Å². The largest absolute Gasteiger partial charge is 0.378 e. The Bertz CT molecular complexity index is 1250. The molecular formula is C23H19ClFN3OS. The number of halogens is 2. The smallest absolute Gasteiger partial charge is 0.266 e. The van der Waals surface area contributed by atoms with Gasteiger partial charge in [-0.15, -0.1) is 0 Å². The van der Waals surface area contributed by atoms with Crippen LogP contribution < -0.4 is 10.5 Å². The lowest BCUT2D eigenvalue weighted by Gasteiger charge is -2.16. The van der Waals surface area contributed by atoms with E-state index in [0.29, 0.717) is 32.3 Å². The van der Waals surface area contributed by atoms with Crippen LogP contribution in [-0.2, 0) is 5.75 Å². The van der Waals surface area contributed by atoms with Gasteiger partial charge in [0.2, 0.25) is 0 Å². The number of thioether (sulfide) groups is 1. The summed E-state index contributed by atoms with van der Waals surface area (Å²) in [4.78, 5) is 20.0. The first-order valence-electron chi connectivity index (χ1n) is 9.31. The molecule has 0 amide bonds. The lowest BCUT2D eigenvalue weighted by molar-refractivity contribution is 0.617. The molecule has 0 radical (unpaired) electrons. The van der Waals surface area contributed by atoms with Gasteiger partial charge in [0.25, 0.3) is 5.56 Å². The van der Waals surface area contributed by atoms with Crippen molar-refractivity contribution in [3.63, 3.8) is 0 Å². The van der Waals surface area contributed by atoms with Crippen LogP contribution in [0.15, 0.2) is 76.7 Å². The highest BCUT2D eigenvalue weighted by atomic mass is 35.5. The van der Waals surface area contributed by atoms with Gasteiger partial charge in [-0.25, -0.2) is 9.37 Å². The van der Waals surface area contributed by atoms with E-state index >= 15 is 0 Å². The van der Waals surface area contributed by atoms with Crippen molar-refractivity contribution in [1.82, 2.24) is 9.55 Å². The number of aromatic nitrogens is 2. The zero-order valence-electron chi connectivity index (χ0n) is 16.5. The van der Waals surface area contributed by atoms with Gasteiger partial charge in [0.1, 0.15) is 5.82 Å². The van der Waals surface area contributed by atoms with Gasteiger partial charge in [-0.2, -0.15) is 0 Å². The second-order valence-electron chi connectivity index (χ2n) is 6.95. The predicted molar refractivity (Wildman–Crippen MR) is 123 cm³/mol. The molecule has 0 aliphatic carbocycles. The molecule has 152 valence electrons. The molecule has 0 bridgehead atoms. The third-order valence-electron chi connectivity index (χ3n) is 4.78. The van der Waals surface area contributed by atoms with E-state index in [1.165, 1.54) is 17.8 Å². The Kier molecular flexibility index (Phi) is 5.79. The van der Waals surface area contributed by atoms with E-state index in [0.717, 1.165) is 5.69 Å². The molecule has 0 spiro atoms. The summed E-state index contributed by atoms with van der Waals surface area (Å²) >= 11 is 7.46. The maximum absolute atomic E-state index is 14.2. The van der Waals surface area contributed by atoms with Crippen LogP contribution in [0, 0.1) is 5.82 Å². The first-order valence-corrected chi connectivity index (χ1v) is 10.7. The van der Waals surface area contributed by atoms with Crippen LogP contribution in [0.5, 0.6) is 0 Å². The third-order valence-corrected chi connectivity index (χ3v) is 6.10. The van der Waals surface area contributed by atoms with Gasteiger partial charge in [-0.1, -0.05) is 41.6 Å². The Morgan fingerprint density at radius 2 is 1.77 bits per heavy atom. The average molecular weight is 440 g/mol. The minimum atomic E-state index is -0.375. The molecule has 4 rings (SSSR count).